The van der Waals surface area contributed by atoms with Crippen molar-refractivity contribution in [3.05, 3.63) is 51.1 Å². The van der Waals surface area contributed by atoms with E-state index in [1.54, 1.807) is 18.3 Å². The van der Waals surface area contributed by atoms with Gasteiger partial charge in [0.05, 0.1) is 9.40 Å². The fourth-order valence-electron chi connectivity index (χ4n) is 1.68. The molecule has 1 N–H and O–H groups in total. The Morgan fingerprint density at radius 3 is 2.90 bits per heavy atom. The van der Waals surface area contributed by atoms with Crippen LogP contribution in [0.3, 0.4) is 0 Å². The second-order valence-corrected chi connectivity index (χ2v) is 6.21. The normalized spacial score (nSPS) is 10.4. The van der Waals surface area contributed by atoms with Gasteiger partial charge in [0.25, 0.3) is 5.69 Å². The van der Waals surface area contributed by atoms with E-state index in [1.165, 1.54) is 11.8 Å². The van der Waals surface area contributed by atoms with Gasteiger partial charge in [0, 0.05) is 35.5 Å². The van der Waals surface area contributed by atoms with Crippen molar-refractivity contribution in [2.75, 3.05) is 11.9 Å². The maximum atomic E-state index is 11.0. The molecule has 0 aliphatic carbocycles. The molecule has 0 fully saturated rings. The van der Waals surface area contributed by atoms with E-state index < -0.39 is 0 Å². The molecule has 0 radical (unpaired) electrons. The number of aromatic nitrogens is 1. The van der Waals surface area contributed by atoms with Crippen LogP contribution in [0.2, 0.25) is 0 Å². The Hall–Kier alpha value is -1.60. The molecule has 7 heteroatoms. The largest absolute Gasteiger partial charge is 0.385 e. The number of hydrogen-bond donors (Lipinski definition) is 1. The minimum absolute atomic E-state index is 0.0747. The van der Waals surface area contributed by atoms with E-state index in [4.69, 9.17) is 0 Å². The first-order chi connectivity index (χ1) is 10.1. The van der Waals surface area contributed by atoms with E-state index in [0.717, 1.165) is 33.0 Å². The summed E-state index contributed by atoms with van der Waals surface area (Å²) >= 11 is 4.82. The van der Waals surface area contributed by atoms with Crippen LogP contribution in [0.5, 0.6) is 0 Å². The molecule has 0 atom stereocenters. The molecule has 110 valence electrons. The van der Waals surface area contributed by atoms with Crippen LogP contribution in [0.25, 0.3) is 0 Å². The molecule has 0 bridgehead atoms. The van der Waals surface area contributed by atoms with Crippen LogP contribution in [0, 0.1) is 10.1 Å². The van der Waals surface area contributed by atoms with Crippen LogP contribution in [0.4, 0.5) is 11.4 Å². The summed E-state index contributed by atoms with van der Waals surface area (Å²) in [5, 5.41) is 15.0. The minimum atomic E-state index is -0.380. The molecule has 0 amide bonds. The number of nitro groups is 1. The maximum absolute atomic E-state index is 11.0. The van der Waals surface area contributed by atoms with E-state index in [-0.39, 0.29) is 10.6 Å². The molecule has 2 aromatic rings. The first-order valence-corrected chi connectivity index (χ1v) is 8.03. The van der Waals surface area contributed by atoms with E-state index >= 15 is 0 Å². The van der Waals surface area contributed by atoms with Crippen molar-refractivity contribution < 1.29 is 4.92 Å². The van der Waals surface area contributed by atoms with Gasteiger partial charge in [0.1, 0.15) is 5.03 Å². The molecule has 21 heavy (non-hydrogen) atoms. The number of pyridine rings is 1. The third-order valence-electron chi connectivity index (χ3n) is 2.62. The smallest absolute Gasteiger partial charge is 0.272 e. The van der Waals surface area contributed by atoms with Crippen LogP contribution in [-0.2, 0) is 0 Å². The Morgan fingerprint density at radius 1 is 1.43 bits per heavy atom. The van der Waals surface area contributed by atoms with E-state index in [2.05, 4.69) is 26.2 Å². The monoisotopic (exact) mass is 367 g/mol. The number of rotatable bonds is 6. The Morgan fingerprint density at radius 2 is 2.24 bits per heavy atom. The molecule has 0 saturated carbocycles. The van der Waals surface area contributed by atoms with Gasteiger partial charge < -0.3 is 5.32 Å². The van der Waals surface area contributed by atoms with Gasteiger partial charge in [-0.3, -0.25) is 10.1 Å². The Kier molecular flexibility index (Phi) is 5.58. The molecule has 2 rings (SSSR count). The molecule has 0 saturated heterocycles. The van der Waals surface area contributed by atoms with Crippen molar-refractivity contribution in [1.82, 2.24) is 4.98 Å². The second-order valence-electron chi connectivity index (χ2n) is 4.29. The summed E-state index contributed by atoms with van der Waals surface area (Å²) in [5.74, 6) is 0. The second kappa shape index (κ2) is 7.42. The summed E-state index contributed by atoms with van der Waals surface area (Å²) in [7, 11) is 0. The number of nitro benzene ring substituents is 1. The molecule has 0 aliphatic rings. The van der Waals surface area contributed by atoms with Crippen LogP contribution < -0.4 is 5.32 Å². The first-order valence-electron chi connectivity index (χ1n) is 6.42. The lowest BCUT2D eigenvalue weighted by Crippen LogP contribution is -2.00. The summed E-state index contributed by atoms with van der Waals surface area (Å²) < 4.78 is 0.865. The van der Waals surface area contributed by atoms with E-state index in [9.17, 15) is 10.1 Å². The van der Waals surface area contributed by atoms with Crippen molar-refractivity contribution in [1.29, 1.82) is 0 Å². The molecule has 1 aromatic carbocycles. The topological polar surface area (TPSA) is 68.1 Å². The average Bonchev–Trinajstić information content (AvgIpc) is 2.47. The highest BCUT2D eigenvalue weighted by molar-refractivity contribution is 9.10. The number of hydrogen-bond acceptors (Lipinski definition) is 5. The zero-order chi connectivity index (χ0) is 15.2. The molecule has 0 unspecified atom stereocenters. The number of nitrogens with one attached hydrogen (secondary N) is 1. The fraction of sp³-hybridized carbons (Fsp3) is 0.214. The molecule has 0 spiro atoms. The standard InChI is InChI=1S/C14H14BrN3O2S/c1-2-5-16-10-7-11(18(19)20)9-12(8-10)21-14-13(15)4-3-6-17-14/h3-4,6-9,16H,2,5H2,1H3. The number of non-ortho nitro benzene ring substituents is 1. The fourth-order valence-corrected chi connectivity index (χ4v) is 3.04. The predicted molar refractivity (Wildman–Crippen MR) is 87.9 cm³/mol. The number of anilines is 1. The van der Waals surface area contributed by atoms with Crippen LogP contribution in [-0.4, -0.2) is 16.5 Å². The van der Waals surface area contributed by atoms with Crippen molar-refractivity contribution in [3.63, 3.8) is 0 Å². The van der Waals surface area contributed by atoms with Crippen LogP contribution in [0.15, 0.2) is 50.9 Å². The van der Waals surface area contributed by atoms with Crippen molar-refractivity contribution in [3.8, 4) is 0 Å². The van der Waals surface area contributed by atoms with Gasteiger partial charge in [-0.1, -0.05) is 18.7 Å². The highest BCUT2D eigenvalue weighted by atomic mass is 79.9. The molecular formula is C14H14BrN3O2S. The first kappa shape index (κ1) is 15.8. The lowest BCUT2D eigenvalue weighted by molar-refractivity contribution is -0.385. The van der Waals surface area contributed by atoms with Gasteiger partial charge in [0.15, 0.2) is 0 Å². The van der Waals surface area contributed by atoms with Crippen molar-refractivity contribution in [2.24, 2.45) is 0 Å². The van der Waals surface area contributed by atoms with E-state index in [1.807, 2.05) is 25.1 Å². The lowest BCUT2D eigenvalue weighted by Gasteiger charge is -2.08. The summed E-state index contributed by atoms with van der Waals surface area (Å²) in [5.41, 5.74) is 0.825. The summed E-state index contributed by atoms with van der Waals surface area (Å²) in [6, 6.07) is 8.73. The quantitative estimate of drug-likeness (QED) is 0.590. The Balaban J connectivity index is 2.31. The van der Waals surface area contributed by atoms with Gasteiger partial charge in [-0.2, -0.15) is 0 Å². The number of benzene rings is 1. The zero-order valence-corrected chi connectivity index (χ0v) is 13.8. The average molecular weight is 368 g/mol. The lowest BCUT2D eigenvalue weighted by atomic mass is 10.2. The highest BCUT2D eigenvalue weighted by Gasteiger charge is 2.12. The Labute approximate surface area is 135 Å². The summed E-state index contributed by atoms with van der Waals surface area (Å²) in [6.07, 6.45) is 2.65. The van der Waals surface area contributed by atoms with Crippen LogP contribution in [0.1, 0.15) is 13.3 Å². The van der Waals surface area contributed by atoms with Gasteiger partial charge in [-0.25, -0.2) is 4.98 Å². The number of nitrogens with zero attached hydrogens (tertiary/aromatic N) is 2. The van der Waals surface area contributed by atoms with Gasteiger partial charge in [-0.05, 0) is 40.5 Å². The third kappa shape index (κ3) is 4.44. The molecule has 1 aromatic heterocycles. The van der Waals surface area contributed by atoms with Gasteiger partial charge in [-0.15, -0.1) is 0 Å². The molecular weight excluding hydrogens is 354 g/mol. The number of halogens is 1. The van der Waals surface area contributed by atoms with E-state index in [0.29, 0.717) is 0 Å². The van der Waals surface area contributed by atoms with Gasteiger partial charge >= 0.3 is 0 Å². The predicted octanol–water partition coefficient (Wildman–Crippen LogP) is 4.73. The minimum Gasteiger partial charge on any atom is -0.385 e. The maximum Gasteiger partial charge on any atom is 0.272 e. The highest BCUT2D eigenvalue weighted by Crippen LogP contribution is 2.35. The molecule has 0 aliphatic heterocycles. The van der Waals surface area contributed by atoms with Crippen molar-refractivity contribution in [2.45, 2.75) is 23.3 Å². The zero-order valence-electron chi connectivity index (χ0n) is 11.4. The third-order valence-corrected chi connectivity index (χ3v) is 4.51. The SMILES string of the molecule is CCCNc1cc(Sc2ncccc2Br)cc([N+](=O)[O-])c1. The Bertz CT molecular complexity index is 652. The summed E-state index contributed by atoms with van der Waals surface area (Å²) in [6.45, 7) is 2.82. The molecule has 1 heterocycles. The summed E-state index contributed by atoms with van der Waals surface area (Å²) in [4.78, 5) is 15.7. The van der Waals surface area contributed by atoms with Gasteiger partial charge in [0.2, 0.25) is 0 Å². The van der Waals surface area contributed by atoms with Crippen LogP contribution >= 0.6 is 27.7 Å². The van der Waals surface area contributed by atoms with Crippen molar-refractivity contribution >= 4 is 39.1 Å². The molecule has 5 nitrogen and oxygen atoms in total.